The topological polar surface area (TPSA) is 97.2 Å². The van der Waals surface area contributed by atoms with Crippen molar-refractivity contribution in [1.82, 2.24) is 18.8 Å². The summed E-state index contributed by atoms with van der Waals surface area (Å²) in [4.78, 5) is 20.2. The summed E-state index contributed by atoms with van der Waals surface area (Å²) in [5, 5.41) is 2.66. The molecule has 140 valence electrons. The van der Waals surface area contributed by atoms with Crippen LogP contribution in [0.5, 0.6) is 0 Å². The zero-order valence-electron chi connectivity index (χ0n) is 14.9. The van der Waals surface area contributed by atoms with Crippen molar-refractivity contribution >= 4 is 21.7 Å². The number of sulfonamides is 1. The second kappa shape index (κ2) is 7.55. The fourth-order valence-electron chi connectivity index (χ4n) is 2.81. The number of hydrogen-bond donors (Lipinski definition) is 1. The molecule has 1 aliphatic heterocycles. The summed E-state index contributed by atoms with van der Waals surface area (Å²) in [5.41, 5.74) is 1.000. The lowest BCUT2D eigenvalue weighted by Crippen LogP contribution is -2.38. The fourth-order valence-corrected chi connectivity index (χ4v) is 4.21. The van der Waals surface area contributed by atoms with Gasteiger partial charge in [-0.05, 0) is 37.3 Å². The third-order valence-electron chi connectivity index (χ3n) is 4.46. The Morgan fingerprint density at radius 1 is 1.27 bits per heavy atom. The number of aryl methyl sites for hydroxylation is 1. The highest BCUT2D eigenvalue weighted by Gasteiger charge is 2.29. The van der Waals surface area contributed by atoms with E-state index in [1.165, 1.54) is 21.4 Å². The smallest absolute Gasteiger partial charge is 0.262 e. The highest BCUT2D eigenvalue weighted by atomic mass is 32.2. The van der Waals surface area contributed by atoms with Gasteiger partial charge in [0.25, 0.3) is 10.0 Å². The second-order valence-electron chi connectivity index (χ2n) is 6.74. The number of hydrogen-bond acceptors (Lipinski definition) is 5. The van der Waals surface area contributed by atoms with Gasteiger partial charge in [-0.3, -0.25) is 4.79 Å². The van der Waals surface area contributed by atoms with E-state index in [4.69, 9.17) is 0 Å². The number of amides is 1. The molecule has 8 nitrogen and oxygen atoms in total. The molecule has 0 unspecified atom stereocenters. The van der Waals surface area contributed by atoms with Gasteiger partial charge in [-0.15, -0.1) is 0 Å². The molecule has 0 aromatic carbocycles. The van der Waals surface area contributed by atoms with Crippen molar-refractivity contribution in [2.45, 2.75) is 38.3 Å². The van der Waals surface area contributed by atoms with Crippen molar-refractivity contribution in [3.8, 4) is 0 Å². The Kier molecular flexibility index (Phi) is 5.38. The molecule has 2 aromatic heterocycles. The maximum Gasteiger partial charge on any atom is 0.262 e. The average molecular weight is 377 g/mol. The van der Waals surface area contributed by atoms with Gasteiger partial charge in [0.05, 0.1) is 6.33 Å². The quantitative estimate of drug-likeness (QED) is 0.854. The number of imidazole rings is 1. The van der Waals surface area contributed by atoms with Crippen molar-refractivity contribution in [1.29, 1.82) is 0 Å². The Hall–Kier alpha value is -2.26. The minimum Gasteiger partial charge on any atom is -0.327 e. The van der Waals surface area contributed by atoms with Gasteiger partial charge in [0, 0.05) is 25.5 Å². The summed E-state index contributed by atoms with van der Waals surface area (Å²) >= 11 is 0. The van der Waals surface area contributed by atoms with Crippen molar-refractivity contribution in [3.63, 3.8) is 0 Å². The van der Waals surface area contributed by atoms with E-state index < -0.39 is 10.0 Å². The van der Waals surface area contributed by atoms with Gasteiger partial charge in [0.1, 0.15) is 12.4 Å². The van der Waals surface area contributed by atoms with Crippen LogP contribution in [0.4, 0.5) is 5.82 Å². The first-order valence-corrected chi connectivity index (χ1v) is 10.0. The van der Waals surface area contributed by atoms with E-state index in [-0.39, 0.29) is 17.5 Å². The van der Waals surface area contributed by atoms with E-state index in [0.29, 0.717) is 24.8 Å². The molecule has 9 heteroatoms. The molecular formula is C17H23N5O3S. The lowest BCUT2D eigenvalue weighted by Gasteiger charge is -2.28. The number of rotatable bonds is 5. The minimum atomic E-state index is -3.61. The second-order valence-corrected chi connectivity index (χ2v) is 8.62. The third-order valence-corrected chi connectivity index (χ3v) is 6.25. The largest absolute Gasteiger partial charge is 0.327 e. The van der Waals surface area contributed by atoms with Crippen molar-refractivity contribution in [2.24, 2.45) is 5.92 Å². The number of nitrogens with one attached hydrogen (secondary N) is 1. The van der Waals surface area contributed by atoms with Crippen LogP contribution in [0.3, 0.4) is 0 Å². The number of piperidine rings is 1. The van der Waals surface area contributed by atoms with Gasteiger partial charge in [0.15, 0.2) is 5.03 Å². The molecule has 0 radical (unpaired) electrons. The lowest BCUT2D eigenvalue weighted by molar-refractivity contribution is -0.116. The molecule has 1 aliphatic rings. The van der Waals surface area contributed by atoms with E-state index in [1.54, 1.807) is 12.3 Å². The van der Waals surface area contributed by atoms with Gasteiger partial charge in [-0.2, -0.15) is 4.31 Å². The van der Waals surface area contributed by atoms with Gasteiger partial charge < -0.3 is 9.88 Å². The van der Waals surface area contributed by atoms with E-state index in [0.717, 1.165) is 18.4 Å². The van der Waals surface area contributed by atoms with Gasteiger partial charge in [-0.1, -0.05) is 13.0 Å². The predicted molar refractivity (Wildman–Crippen MR) is 97.0 cm³/mol. The van der Waals surface area contributed by atoms with Crippen LogP contribution >= 0.6 is 0 Å². The van der Waals surface area contributed by atoms with Crippen LogP contribution < -0.4 is 5.32 Å². The van der Waals surface area contributed by atoms with Gasteiger partial charge in [0.2, 0.25) is 5.91 Å². The monoisotopic (exact) mass is 377 g/mol. The average Bonchev–Trinajstić information content (AvgIpc) is 3.06. The van der Waals surface area contributed by atoms with E-state index in [9.17, 15) is 13.2 Å². The minimum absolute atomic E-state index is 0.0201. The molecule has 3 rings (SSSR count). The molecule has 0 aliphatic carbocycles. The highest BCUT2D eigenvalue weighted by Crippen LogP contribution is 2.22. The van der Waals surface area contributed by atoms with Crippen molar-refractivity contribution in [2.75, 3.05) is 18.4 Å². The zero-order chi connectivity index (χ0) is 18.7. The number of aromatic nitrogens is 3. The molecule has 1 fully saturated rings. The fraction of sp³-hybridized carbons (Fsp3) is 0.471. The first kappa shape index (κ1) is 18.5. The maximum atomic E-state index is 12.7. The molecule has 2 aromatic rings. The molecule has 1 N–H and O–H groups in total. The number of anilines is 1. The number of carbonyl (C=O) groups is 1. The number of nitrogens with zero attached hydrogens (tertiary/aromatic N) is 4. The standard InChI is InChI=1S/C17H23N5O3S/c1-13-5-7-22(8-6-13)26(24,25)17-11-21(12-19-17)10-16(23)20-15-4-3-14(2)9-18-15/h3-4,9,11-13H,5-8,10H2,1-2H3,(H,18,20,23). The maximum absolute atomic E-state index is 12.7. The summed E-state index contributed by atoms with van der Waals surface area (Å²) in [6.07, 6.45) is 6.13. The Labute approximate surface area is 153 Å². The van der Waals surface area contributed by atoms with Crippen LogP contribution in [-0.2, 0) is 21.4 Å². The first-order valence-electron chi connectivity index (χ1n) is 8.59. The van der Waals surface area contributed by atoms with Crippen LogP contribution in [0, 0.1) is 12.8 Å². The van der Waals surface area contributed by atoms with Crippen LogP contribution in [0.2, 0.25) is 0 Å². The van der Waals surface area contributed by atoms with E-state index in [2.05, 4.69) is 22.2 Å². The van der Waals surface area contributed by atoms with Crippen molar-refractivity contribution < 1.29 is 13.2 Å². The normalized spacial score (nSPS) is 16.5. The van der Waals surface area contributed by atoms with Gasteiger partial charge >= 0.3 is 0 Å². The molecule has 3 heterocycles. The number of carbonyl (C=O) groups excluding carboxylic acids is 1. The molecule has 0 atom stereocenters. The molecule has 1 saturated heterocycles. The van der Waals surface area contributed by atoms with Crippen molar-refractivity contribution in [3.05, 3.63) is 36.4 Å². The predicted octanol–water partition coefficient (Wildman–Crippen LogP) is 1.65. The molecule has 0 saturated carbocycles. The van der Waals surface area contributed by atoms with Crippen LogP contribution in [0.25, 0.3) is 0 Å². The molecule has 0 bridgehead atoms. The molecular weight excluding hydrogens is 354 g/mol. The highest BCUT2D eigenvalue weighted by molar-refractivity contribution is 7.89. The summed E-state index contributed by atoms with van der Waals surface area (Å²) < 4.78 is 28.2. The molecule has 26 heavy (non-hydrogen) atoms. The van der Waals surface area contributed by atoms with Crippen LogP contribution in [0.15, 0.2) is 35.9 Å². The Morgan fingerprint density at radius 2 is 2.00 bits per heavy atom. The van der Waals surface area contributed by atoms with E-state index >= 15 is 0 Å². The Morgan fingerprint density at radius 3 is 2.65 bits per heavy atom. The molecule has 1 amide bonds. The van der Waals surface area contributed by atoms with E-state index in [1.807, 2.05) is 13.0 Å². The molecule has 0 spiro atoms. The third kappa shape index (κ3) is 4.28. The SMILES string of the molecule is Cc1ccc(NC(=O)Cn2cnc(S(=O)(=O)N3CCC(C)CC3)c2)nc1. The summed E-state index contributed by atoms with van der Waals surface area (Å²) in [7, 11) is -3.61. The van der Waals surface area contributed by atoms with Crippen LogP contribution in [0.1, 0.15) is 25.3 Å². The summed E-state index contributed by atoms with van der Waals surface area (Å²) in [6.45, 7) is 5.02. The Bertz CT molecular complexity index is 868. The summed E-state index contributed by atoms with van der Waals surface area (Å²) in [6, 6.07) is 3.57. The summed E-state index contributed by atoms with van der Waals surface area (Å²) in [5.74, 6) is 0.698. The number of pyridine rings is 1. The lowest BCUT2D eigenvalue weighted by atomic mass is 10.0. The van der Waals surface area contributed by atoms with Crippen LogP contribution in [-0.4, -0.2) is 46.3 Å². The zero-order valence-corrected chi connectivity index (χ0v) is 15.7. The first-order chi connectivity index (χ1) is 12.3. The van der Waals surface area contributed by atoms with Gasteiger partial charge in [-0.25, -0.2) is 18.4 Å². The Balaban J connectivity index is 1.63.